The second kappa shape index (κ2) is 4.78. The zero-order valence-corrected chi connectivity index (χ0v) is 11.0. The molecule has 1 aromatic heterocycles. The van der Waals surface area contributed by atoms with Crippen LogP contribution in [0.3, 0.4) is 0 Å². The van der Waals surface area contributed by atoms with Crippen molar-refractivity contribution in [1.82, 2.24) is 15.5 Å². The van der Waals surface area contributed by atoms with Crippen LogP contribution in [0.1, 0.15) is 43.8 Å². The Bertz CT molecular complexity index is 370. The molecule has 1 aromatic rings. The number of alkyl carbamates (subject to hydrolysis) is 1. The van der Waals surface area contributed by atoms with Crippen molar-refractivity contribution in [2.45, 2.75) is 46.3 Å². The molecular weight excluding hydrogens is 226 g/mol. The van der Waals surface area contributed by atoms with Crippen molar-refractivity contribution >= 4 is 17.4 Å². The monoisotopic (exact) mass is 243 g/mol. The smallest absolute Gasteiger partial charge is 0.408 e. The predicted molar refractivity (Wildman–Crippen MR) is 62.4 cm³/mol. The lowest BCUT2D eigenvalue weighted by Crippen LogP contribution is -2.41. The fourth-order valence-corrected chi connectivity index (χ4v) is 1.70. The molecule has 0 radical (unpaired) electrons. The molecular formula is C10H17N3O2S. The van der Waals surface area contributed by atoms with Gasteiger partial charge < -0.3 is 10.1 Å². The fraction of sp³-hybridized carbons (Fsp3) is 0.700. The standard InChI is InChI=1S/C10H17N3O2S/c1-6(8-13-12-7(2)16-8)15-9(14)11-10(3,4)5/h6H,1-5H3,(H,11,14)/t6-/m1/s1. The Kier molecular flexibility index (Phi) is 3.85. The van der Waals surface area contributed by atoms with Crippen molar-refractivity contribution in [3.05, 3.63) is 10.0 Å². The molecule has 6 heteroatoms. The summed E-state index contributed by atoms with van der Waals surface area (Å²) in [7, 11) is 0. The average molecular weight is 243 g/mol. The largest absolute Gasteiger partial charge is 0.439 e. The summed E-state index contributed by atoms with van der Waals surface area (Å²) in [6, 6.07) is 0. The summed E-state index contributed by atoms with van der Waals surface area (Å²) in [5, 5.41) is 12.1. The summed E-state index contributed by atoms with van der Waals surface area (Å²) in [5.41, 5.74) is -0.298. The number of hydrogen-bond donors (Lipinski definition) is 1. The lowest BCUT2D eigenvalue weighted by Gasteiger charge is -2.21. The number of nitrogens with zero attached hydrogens (tertiary/aromatic N) is 2. The number of amides is 1. The Morgan fingerprint density at radius 1 is 1.44 bits per heavy atom. The van der Waals surface area contributed by atoms with Crippen molar-refractivity contribution < 1.29 is 9.53 Å². The Hall–Kier alpha value is -1.17. The summed E-state index contributed by atoms with van der Waals surface area (Å²) in [4.78, 5) is 11.5. The van der Waals surface area contributed by atoms with Gasteiger partial charge in [-0.3, -0.25) is 0 Å². The second-order valence-corrected chi connectivity index (χ2v) is 5.80. The molecule has 0 aliphatic carbocycles. The van der Waals surface area contributed by atoms with Gasteiger partial charge in [0.05, 0.1) is 0 Å². The van der Waals surface area contributed by atoms with Crippen LogP contribution in [0.5, 0.6) is 0 Å². The van der Waals surface area contributed by atoms with E-state index >= 15 is 0 Å². The van der Waals surface area contributed by atoms with Crippen LogP contribution in [-0.4, -0.2) is 21.8 Å². The Morgan fingerprint density at radius 3 is 2.50 bits per heavy atom. The van der Waals surface area contributed by atoms with E-state index in [-0.39, 0.29) is 11.6 Å². The van der Waals surface area contributed by atoms with Gasteiger partial charge in [0.1, 0.15) is 5.01 Å². The number of carbonyl (C=O) groups excluding carboxylic acids is 1. The third-order valence-electron chi connectivity index (χ3n) is 1.65. The fourth-order valence-electron chi connectivity index (χ4n) is 1.02. The minimum Gasteiger partial charge on any atom is -0.439 e. The Balaban J connectivity index is 2.52. The molecule has 0 saturated heterocycles. The molecule has 0 bridgehead atoms. The van der Waals surface area contributed by atoms with Crippen LogP contribution in [0.2, 0.25) is 0 Å². The van der Waals surface area contributed by atoms with Gasteiger partial charge in [0, 0.05) is 5.54 Å². The van der Waals surface area contributed by atoms with Gasteiger partial charge in [0.25, 0.3) is 0 Å². The number of rotatable bonds is 2. The first-order chi connectivity index (χ1) is 7.28. The van der Waals surface area contributed by atoms with Gasteiger partial charge in [0.15, 0.2) is 11.1 Å². The summed E-state index contributed by atoms with van der Waals surface area (Å²) in [6.45, 7) is 9.33. The van der Waals surface area contributed by atoms with Gasteiger partial charge in [-0.15, -0.1) is 10.2 Å². The van der Waals surface area contributed by atoms with E-state index in [2.05, 4.69) is 15.5 Å². The van der Waals surface area contributed by atoms with Crippen LogP contribution < -0.4 is 5.32 Å². The number of hydrogen-bond acceptors (Lipinski definition) is 5. The van der Waals surface area contributed by atoms with Gasteiger partial charge in [-0.1, -0.05) is 11.3 Å². The molecule has 5 nitrogen and oxygen atoms in total. The minimum absolute atomic E-state index is 0.298. The molecule has 0 fully saturated rings. The first-order valence-corrected chi connectivity index (χ1v) is 5.88. The quantitative estimate of drug-likeness (QED) is 0.866. The average Bonchev–Trinajstić information content (AvgIpc) is 2.47. The summed E-state index contributed by atoms with van der Waals surface area (Å²) < 4.78 is 5.18. The van der Waals surface area contributed by atoms with Crippen LogP contribution >= 0.6 is 11.3 Å². The van der Waals surface area contributed by atoms with Crippen molar-refractivity contribution in [3.63, 3.8) is 0 Å². The molecule has 1 N–H and O–H groups in total. The molecule has 0 aliphatic heterocycles. The number of aryl methyl sites for hydroxylation is 1. The van der Waals surface area contributed by atoms with E-state index < -0.39 is 6.09 Å². The molecule has 1 amide bonds. The van der Waals surface area contributed by atoms with E-state index in [0.717, 1.165) is 5.01 Å². The number of carbonyl (C=O) groups is 1. The first-order valence-electron chi connectivity index (χ1n) is 5.07. The van der Waals surface area contributed by atoms with Crippen LogP contribution in [0.15, 0.2) is 0 Å². The third-order valence-corrected chi connectivity index (χ3v) is 2.65. The van der Waals surface area contributed by atoms with Crippen LogP contribution in [0, 0.1) is 6.92 Å². The van der Waals surface area contributed by atoms with E-state index in [0.29, 0.717) is 5.01 Å². The zero-order valence-electron chi connectivity index (χ0n) is 10.2. The zero-order chi connectivity index (χ0) is 12.3. The molecule has 0 aliphatic rings. The van der Waals surface area contributed by atoms with Crippen molar-refractivity contribution in [2.75, 3.05) is 0 Å². The third kappa shape index (κ3) is 4.14. The lowest BCUT2D eigenvalue weighted by atomic mass is 10.1. The van der Waals surface area contributed by atoms with Crippen LogP contribution in [0.25, 0.3) is 0 Å². The van der Waals surface area contributed by atoms with Crippen molar-refractivity contribution in [2.24, 2.45) is 0 Å². The highest BCUT2D eigenvalue weighted by molar-refractivity contribution is 7.11. The SMILES string of the molecule is Cc1nnc([C@@H](C)OC(=O)NC(C)(C)C)s1. The molecule has 0 saturated carbocycles. The summed E-state index contributed by atoms with van der Waals surface area (Å²) in [5.74, 6) is 0. The van der Waals surface area contributed by atoms with Gasteiger partial charge in [-0.2, -0.15) is 0 Å². The first kappa shape index (κ1) is 12.9. The van der Waals surface area contributed by atoms with E-state index in [1.54, 1.807) is 6.92 Å². The van der Waals surface area contributed by atoms with E-state index in [4.69, 9.17) is 4.74 Å². The lowest BCUT2D eigenvalue weighted by molar-refractivity contribution is 0.0996. The van der Waals surface area contributed by atoms with Gasteiger partial charge in [-0.05, 0) is 34.6 Å². The Labute approximate surface area is 99.2 Å². The molecule has 1 atom stereocenters. The summed E-state index contributed by atoms with van der Waals surface area (Å²) in [6.07, 6.45) is -0.804. The highest BCUT2D eigenvalue weighted by atomic mass is 32.1. The van der Waals surface area contributed by atoms with Gasteiger partial charge in [-0.25, -0.2) is 4.79 Å². The van der Waals surface area contributed by atoms with Crippen molar-refractivity contribution in [1.29, 1.82) is 0 Å². The van der Waals surface area contributed by atoms with Gasteiger partial charge >= 0.3 is 6.09 Å². The van der Waals surface area contributed by atoms with E-state index in [1.165, 1.54) is 11.3 Å². The normalized spacial score (nSPS) is 13.3. The molecule has 90 valence electrons. The van der Waals surface area contributed by atoms with Crippen LogP contribution in [-0.2, 0) is 4.74 Å². The Morgan fingerprint density at radius 2 is 2.06 bits per heavy atom. The maximum absolute atomic E-state index is 11.5. The molecule has 1 rings (SSSR count). The number of nitrogens with one attached hydrogen (secondary N) is 1. The maximum Gasteiger partial charge on any atom is 0.408 e. The summed E-state index contributed by atoms with van der Waals surface area (Å²) >= 11 is 1.43. The second-order valence-electron chi connectivity index (χ2n) is 4.58. The number of aromatic nitrogens is 2. The number of ether oxygens (including phenoxy) is 1. The van der Waals surface area contributed by atoms with E-state index in [1.807, 2.05) is 27.7 Å². The molecule has 16 heavy (non-hydrogen) atoms. The predicted octanol–water partition coefficient (Wildman–Crippen LogP) is 2.43. The van der Waals surface area contributed by atoms with Crippen molar-refractivity contribution in [3.8, 4) is 0 Å². The maximum atomic E-state index is 11.5. The van der Waals surface area contributed by atoms with Crippen LogP contribution in [0.4, 0.5) is 4.79 Å². The molecule has 1 heterocycles. The minimum atomic E-state index is -0.437. The topological polar surface area (TPSA) is 64.1 Å². The molecule has 0 aromatic carbocycles. The van der Waals surface area contributed by atoms with Gasteiger partial charge in [0.2, 0.25) is 0 Å². The highest BCUT2D eigenvalue weighted by Crippen LogP contribution is 2.20. The highest BCUT2D eigenvalue weighted by Gasteiger charge is 2.19. The molecule has 0 unspecified atom stereocenters. The molecule has 0 spiro atoms. The van der Waals surface area contributed by atoms with E-state index in [9.17, 15) is 4.79 Å².